The molecule has 3 rings (SSSR count). The first-order valence-corrected chi connectivity index (χ1v) is 7.60. The molecule has 0 saturated heterocycles. The lowest BCUT2D eigenvalue weighted by Gasteiger charge is -2.18. The molecule has 0 aliphatic heterocycles. The van der Waals surface area contributed by atoms with Gasteiger partial charge in [-0.1, -0.05) is 29.6 Å². The van der Waals surface area contributed by atoms with E-state index < -0.39 is 17.5 Å². The fourth-order valence-electron chi connectivity index (χ4n) is 2.64. The Hall–Kier alpha value is -1.37. The van der Waals surface area contributed by atoms with E-state index in [1.165, 1.54) is 18.2 Å². The van der Waals surface area contributed by atoms with Crippen molar-refractivity contribution in [3.63, 3.8) is 0 Å². The van der Waals surface area contributed by atoms with Crippen molar-refractivity contribution in [1.82, 2.24) is 10.1 Å². The molecular weight excluding hydrogens is 344 g/mol. The fourth-order valence-corrected chi connectivity index (χ4v) is 2.86. The van der Waals surface area contributed by atoms with Gasteiger partial charge in [-0.2, -0.15) is 4.98 Å². The Morgan fingerprint density at radius 3 is 2.74 bits per heavy atom. The van der Waals surface area contributed by atoms with Gasteiger partial charge in [0.2, 0.25) is 0 Å². The van der Waals surface area contributed by atoms with E-state index in [4.69, 9.17) is 26.6 Å². The van der Waals surface area contributed by atoms with Crippen LogP contribution in [0.15, 0.2) is 22.7 Å². The van der Waals surface area contributed by atoms with Crippen molar-refractivity contribution < 1.29 is 13.7 Å². The highest BCUT2D eigenvalue weighted by Crippen LogP contribution is 2.35. The molecule has 1 heterocycles. The summed E-state index contributed by atoms with van der Waals surface area (Å²) in [5.74, 6) is 0.780. The number of ether oxygens (including phenoxy) is 1. The van der Waals surface area contributed by atoms with Crippen LogP contribution in [0.5, 0.6) is 5.75 Å². The summed E-state index contributed by atoms with van der Waals surface area (Å²) in [4.78, 5) is 4.36. The van der Waals surface area contributed by atoms with Crippen LogP contribution < -0.4 is 10.5 Å². The monoisotopic (exact) mass is 361 g/mol. The van der Waals surface area contributed by atoms with Crippen LogP contribution in [0.4, 0.5) is 4.39 Å². The number of rotatable bonds is 4. The van der Waals surface area contributed by atoms with Crippen molar-refractivity contribution in [2.75, 3.05) is 0 Å². The van der Waals surface area contributed by atoms with Crippen molar-refractivity contribution in [3.05, 3.63) is 40.8 Å². The third-order valence-corrected chi connectivity index (χ3v) is 4.22. The molecule has 0 radical (unpaired) electrons. The molecule has 1 fully saturated rings. The van der Waals surface area contributed by atoms with Crippen LogP contribution in [-0.2, 0) is 5.54 Å². The number of aromatic nitrogens is 2. The predicted octanol–water partition coefficient (Wildman–Crippen LogP) is 4.15. The molecule has 126 valence electrons. The molecule has 0 bridgehead atoms. The molecule has 1 aromatic heterocycles. The SMILES string of the molecule is CC(Oc1ccc(F)cc1Cl)c1nc(C2(N)CCCC2)no1.Cl. The quantitative estimate of drug-likeness (QED) is 0.884. The van der Waals surface area contributed by atoms with Gasteiger partial charge >= 0.3 is 0 Å². The first-order valence-electron chi connectivity index (χ1n) is 7.23. The number of nitrogens with zero attached hydrogens (tertiary/aromatic N) is 2. The van der Waals surface area contributed by atoms with E-state index in [1.54, 1.807) is 6.92 Å². The van der Waals surface area contributed by atoms with Crippen molar-refractivity contribution in [3.8, 4) is 5.75 Å². The molecule has 1 atom stereocenters. The van der Waals surface area contributed by atoms with Gasteiger partial charge in [0.25, 0.3) is 5.89 Å². The van der Waals surface area contributed by atoms with Crippen molar-refractivity contribution in [2.45, 2.75) is 44.2 Å². The summed E-state index contributed by atoms with van der Waals surface area (Å²) in [6.45, 7) is 1.76. The Morgan fingerprint density at radius 1 is 1.39 bits per heavy atom. The zero-order valence-electron chi connectivity index (χ0n) is 12.6. The van der Waals surface area contributed by atoms with E-state index in [9.17, 15) is 4.39 Å². The van der Waals surface area contributed by atoms with E-state index in [2.05, 4.69) is 10.1 Å². The lowest BCUT2D eigenvalue weighted by Crippen LogP contribution is -2.34. The van der Waals surface area contributed by atoms with Crippen LogP contribution in [-0.4, -0.2) is 10.1 Å². The molecule has 5 nitrogen and oxygen atoms in total. The third-order valence-electron chi connectivity index (χ3n) is 3.93. The molecule has 0 amide bonds. The third kappa shape index (κ3) is 3.76. The standard InChI is InChI=1S/C15H17ClFN3O2.ClH/c1-9(21-12-5-4-10(17)8-11(12)16)13-19-14(20-22-13)15(18)6-2-3-7-15;/h4-5,8-9H,2-3,6-7,18H2,1H3;1H. The average Bonchev–Trinajstić information content (AvgIpc) is 3.11. The molecule has 1 aliphatic rings. The molecule has 1 aliphatic carbocycles. The van der Waals surface area contributed by atoms with Crippen LogP contribution in [0.25, 0.3) is 0 Å². The zero-order valence-corrected chi connectivity index (χ0v) is 14.2. The smallest absolute Gasteiger partial charge is 0.267 e. The second kappa shape index (κ2) is 7.03. The molecule has 8 heteroatoms. The second-order valence-electron chi connectivity index (χ2n) is 5.65. The average molecular weight is 362 g/mol. The fraction of sp³-hybridized carbons (Fsp3) is 0.467. The van der Waals surface area contributed by atoms with Crippen molar-refractivity contribution in [1.29, 1.82) is 0 Å². The topological polar surface area (TPSA) is 74.2 Å². The van der Waals surface area contributed by atoms with E-state index in [0.29, 0.717) is 17.5 Å². The summed E-state index contributed by atoms with van der Waals surface area (Å²) in [5.41, 5.74) is 5.79. The van der Waals surface area contributed by atoms with Gasteiger partial charge < -0.3 is 15.0 Å². The largest absolute Gasteiger partial charge is 0.479 e. The molecular formula is C15H18Cl2FN3O2. The van der Waals surface area contributed by atoms with Crippen LogP contribution in [0.3, 0.4) is 0 Å². The van der Waals surface area contributed by atoms with Gasteiger partial charge in [-0.25, -0.2) is 4.39 Å². The Morgan fingerprint density at radius 2 is 2.09 bits per heavy atom. The lowest BCUT2D eigenvalue weighted by atomic mass is 9.99. The highest BCUT2D eigenvalue weighted by atomic mass is 35.5. The lowest BCUT2D eigenvalue weighted by molar-refractivity contribution is 0.175. The molecule has 23 heavy (non-hydrogen) atoms. The van der Waals surface area contributed by atoms with Crippen LogP contribution in [0, 0.1) is 5.82 Å². The van der Waals surface area contributed by atoms with Crippen molar-refractivity contribution >= 4 is 24.0 Å². The first-order chi connectivity index (χ1) is 10.5. The Balaban J connectivity index is 0.00000192. The van der Waals surface area contributed by atoms with Gasteiger partial charge in [0.15, 0.2) is 11.9 Å². The number of nitrogens with two attached hydrogens (primary N) is 1. The minimum atomic E-state index is -0.505. The Kier molecular flexibility index (Phi) is 5.49. The normalized spacial score (nSPS) is 17.6. The summed E-state index contributed by atoms with van der Waals surface area (Å²) in [5, 5.41) is 4.18. The van der Waals surface area contributed by atoms with Gasteiger partial charge in [0.05, 0.1) is 10.6 Å². The van der Waals surface area contributed by atoms with Crippen molar-refractivity contribution in [2.24, 2.45) is 5.73 Å². The van der Waals surface area contributed by atoms with Gasteiger partial charge in [0, 0.05) is 0 Å². The molecule has 1 aromatic carbocycles. The Labute approximate surface area is 144 Å². The zero-order chi connectivity index (χ0) is 15.7. The second-order valence-corrected chi connectivity index (χ2v) is 6.06. The molecule has 1 saturated carbocycles. The minimum Gasteiger partial charge on any atom is -0.479 e. The summed E-state index contributed by atoms with van der Waals surface area (Å²) >= 11 is 5.94. The number of hydrogen-bond donors (Lipinski definition) is 1. The van der Waals surface area contributed by atoms with E-state index in [0.717, 1.165) is 25.7 Å². The van der Waals surface area contributed by atoms with E-state index >= 15 is 0 Å². The summed E-state index contributed by atoms with van der Waals surface area (Å²) in [6.07, 6.45) is 3.33. The maximum absolute atomic E-state index is 13.0. The van der Waals surface area contributed by atoms with Gasteiger partial charge in [0.1, 0.15) is 11.6 Å². The van der Waals surface area contributed by atoms with E-state index in [1.807, 2.05) is 0 Å². The van der Waals surface area contributed by atoms with Crippen LogP contribution in [0.1, 0.15) is 50.4 Å². The summed E-state index contributed by atoms with van der Waals surface area (Å²) in [6, 6.07) is 3.93. The van der Waals surface area contributed by atoms with Crippen LogP contribution in [0.2, 0.25) is 5.02 Å². The van der Waals surface area contributed by atoms with Gasteiger partial charge in [-0.15, -0.1) is 12.4 Å². The van der Waals surface area contributed by atoms with Crippen LogP contribution >= 0.6 is 24.0 Å². The summed E-state index contributed by atoms with van der Waals surface area (Å²) in [7, 11) is 0. The van der Waals surface area contributed by atoms with E-state index in [-0.39, 0.29) is 17.4 Å². The predicted molar refractivity (Wildman–Crippen MR) is 86.3 cm³/mol. The number of benzene rings is 1. The minimum absolute atomic E-state index is 0. The molecule has 2 N–H and O–H groups in total. The highest BCUT2D eigenvalue weighted by Gasteiger charge is 2.36. The number of halogens is 3. The van der Waals surface area contributed by atoms with Gasteiger partial charge in [-0.3, -0.25) is 0 Å². The molecule has 2 aromatic rings. The molecule has 1 unspecified atom stereocenters. The first kappa shape index (κ1) is 18.0. The van der Waals surface area contributed by atoms with Gasteiger partial charge in [-0.05, 0) is 38.0 Å². The maximum atomic E-state index is 13.0. The molecule has 0 spiro atoms. The Bertz CT molecular complexity index is 674. The maximum Gasteiger partial charge on any atom is 0.267 e. The summed E-state index contributed by atoms with van der Waals surface area (Å²) < 4.78 is 23.9. The highest BCUT2D eigenvalue weighted by molar-refractivity contribution is 6.32. The number of hydrogen-bond acceptors (Lipinski definition) is 5.